The fourth-order valence-electron chi connectivity index (χ4n) is 6.95. The summed E-state index contributed by atoms with van der Waals surface area (Å²) in [6.45, 7) is 2.64. The Balaban J connectivity index is 0.000000845. The number of fused-ring (bicyclic) bond motifs is 2. The van der Waals surface area contributed by atoms with Crippen molar-refractivity contribution in [2.75, 3.05) is 0 Å². The molecule has 0 spiro atoms. The molecule has 1 saturated heterocycles. The van der Waals surface area contributed by atoms with E-state index in [0.29, 0.717) is 0 Å². The Labute approximate surface area is 164 Å². The van der Waals surface area contributed by atoms with Crippen molar-refractivity contribution in [3.05, 3.63) is 48.6 Å². The average molecular weight is 443 g/mol. The third kappa shape index (κ3) is 2.73. The molecule has 0 nitrogen and oxygen atoms in total. The topological polar surface area (TPSA) is 0 Å². The largest absolute Gasteiger partial charge is 1.00 e. The third-order valence-electron chi connectivity index (χ3n) is 7.94. The minimum absolute atomic E-state index is 0. The van der Waals surface area contributed by atoms with Gasteiger partial charge >= 0.3 is 140 Å². The van der Waals surface area contributed by atoms with Gasteiger partial charge in [-0.15, -0.1) is 0 Å². The first-order valence-electron chi connectivity index (χ1n) is 9.50. The Morgan fingerprint density at radius 2 is 1.08 bits per heavy atom. The second-order valence-corrected chi connectivity index (χ2v) is 21.1. The maximum Gasteiger partial charge on any atom is -1.00 e. The Bertz CT molecular complexity index is 547. The van der Waals surface area contributed by atoms with E-state index >= 15 is 0 Å². The predicted octanol–water partition coefficient (Wildman–Crippen LogP) is 0.270. The van der Waals surface area contributed by atoms with Gasteiger partial charge < -0.3 is 24.8 Å². The molecular weight excluding hydrogens is 414 g/mol. The zero-order valence-corrected chi connectivity index (χ0v) is 18.4. The van der Waals surface area contributed by atoms with Crippen LogP contribution in [0.3, 0.4) is 0 Å². The van der Waals surface area contributed by atoms with Gasteiger partial charge in [0, 0.05) is 0 Å². The summed E-state index contributed by atoms with van der Waals surface area (Å²) in [5.41, 5.74) is 0. The first-order valence-corrected chi connectivity index (χ1v) is 15.5. The van der Waals surface area contributed by atoms with E-state index < -0.39 is 20.3 Å². The van der Waals surface area contributed by atoms with E-state index in [0.717, 1.165) is 23.7 Å². The minimum atomic E-state index is -1.97. The van der Waals surface area contributed by atoms with Crippen LogP contribution >= 0.6 is 0 Å². The van der Waals surface area contributed by atoms with Crippen LogP contribution in [0.15, 0.2) is 48.6 Å². The summed E-state index contributed by atoms with van der Waals surface area (Å²) >= 11 is -1.97. The van der Waals surface area contributed by atoms with Gasteiger partial charge in [-0.25, -0.2) is 0 Å². The van der Waals surface area contributed by atoms with Crippen molar-refractivity contribution < 1.29 is 45.1 Å². The quantitative estimate of drug-likeness (QED) is 0.576. The van der Waals surface area contributed by atoms with Crippen LogP contribution in [-0.4, -0.2) is 0 Å². The molecule has 0 aromatic rings. The number of hydrogen-bond acceptors (Lipinski definition) is 0. The van der Waals surface area contributed by atoms with Crippen LogP contribution in [0, 0.1) is 23.7 Å². The monoisotopic (exact) mass is 440 g/mol. The Morgan fingerprint density at radius 3 is 1.50 bits per heavy atom. The number of rotatable bonds is 2. The van der Waals surface area contributed by atoms with E-state index in [9.17, 15) is 0 Å². The molecule has 2 saturated carbocycles. The van der Waals surface area contributed by atoms with E-state index in [2.05, 4.69) is 55.5 Å². The molecule has 3 heteroatoms. The first kappa shape index (κ1) is 19.2. The Kier molecular flexibility index (Phi) is 5.76. The predicted molar refractivity (Wildman–Crippen MR) is 90.7 cm³/mol. The molecule has 1 aliphatic heterocycles. The smallest absolute Gasteiger partial charge is 1.00 e. The molecule has 0 radical (unpaired) electrons. The number of halogens is 2. The average Bonchev–Trinajstić information content (AvgIpc) is 2.96. The van der Waals surface area contributed by atoms with Crippen LogP contribution in [0.4, 0.5) is 0 Å². The van der Waals surface area contributed by atoms with Gasteiger partial charge in [-0.2, -0.15) is 0 Å². The van der Waals surface area contributed by atoms with Crippen LogP contribution in [-0.2, 0) is 20.3 Å². The molecule has 7 unspecified atom stereocenters. The second-order valence-electron chi connectivity index (χ2n) is 8.61. The fraction of sp³-hybridized carbons (Fsp3) is 0.619. The molecule has 130 valence electrons. The molecular formula is C21H28Cl2Zr. The van der Waals surface area contributed by atoms with Gasteiger partial charge in [-0.3, -0.25) is 0 Å². The molecule has 0 N–H and O–H groups in total. The summed E-state index contributed by atoms with van der Waals surface area (Å²) in [5.74, 6) is 3.67. The molecule has 0 amide bonds. The molecule has 7 atom stereocenters. The molecule has 0 aromatic carbocycles. The van der Waals surface area contributed by atoms with Gasteiger partial charge in [-0.1, -0.05) is 0 Å². The van der Waals surface area contributed by atoms with E-state index in [1.54, 1.807) is 17.0 Å². The van der Waals surface area contributed by atoms with Gasteiger partial charge in [0.1, 0.15) is 0 Å². The van der Waals surface area contributed by atoms with Crippen molar-refractivity contribution in [2.45, 2.75) is 47.6 Å². The molecule has 0 aromatic heterocycles. The van der Waals surface area contributed by atoms with E-state index in [4.69, 9.17) is 0 Å². The van der Waals surface area contributed by atoms with Crippen molar-refractivity contribution in [3.8, 4) is 0 Å². The van der Waals surface area contributed by atoms with Gasteiger partial charge in [0.25, 0.3) is 0 Å². The molecule has 3 fully saturated rings. The summed E-state index contributed by atoms with van der Waals surface area (Å²) in [7, 11) is 0. The fourth-order valence-corrected chi connectivity index (χ4v) is 27.9. The van der Waals surface area contributed by atoms with Crippen molar-refractivity contribution in [1.29, 1.82) is 0 Å². The van der Waals surface area contributed by atoms with Crippen LogP contribution in [0.5, 0.6) is 0 Å². The summed E-state index contributed by atoms with van der Waals surface area (Å²) in [5, 5.41) is 0. The van der Waals surface area contributed by atoms with Crippen LogP contribution in [0.2, 0.25) is 15.0 Å². The molecule has 0 bridgehead atoms. The third-order valence-corrected chi connectivity index (χ3v) is 25.0. The summed E-state index contributed by atoms with van der Waals surface area (Å²) in [4.78, 5) is 0. The SMILES string of the molecule is C[CH]1[CH2][Zr+2]1([CH]1CCC2C=CC=CC21)[CH]1CCC2C=CC=CC21.[Cl-].[Cl-]. The van der Waals surface area contributed by atoms with Crippen LogP contribution in [0.25, 0.3) is 0 Å². The molecule has 5 rings (SSSR count). The molecule has 5 aliphatic rings. The second kappa shape index (κ2) is 7.21. The molecule has 4 aliphatic carbocycles. The summed E-state index contributed by atoms with van der Waals surface area (Å²) < 4.78 is 5.21. The first-order chi connectivity index (χ1) is 10.8. The zero-order valence-electron chi connectivity index (χ0n) is 14.5. The van der Waals surface area contributed by atoms with Gasteiger partial charge in [-0.05, 0) is 0 Å². The number of allylic oxidation sites excluding steroid dienone is 8. The summed E-state index contributed by atoms with van der Waals surface area (Å²) in [6.07, 6.45) is 25.7. The van der Waals surface area contributed by atoms with Gasteiger partial charge in [0.2, 0.25) is 0 Å². The van der Waals surface area contributed by atoms with Crippen LogP contribution < -0.4 is 24.8 Å². The van der Waals surface area contributed by atoms with Gasteiger partial charge in [0.05, 0.1) is 0 Å². The van der Waals surface area contributed by atoms with Crippen molar-refractivity contribution in [3.63, 3.8) is 0 Å². The minimum Gasteiger partial charge on any atom is -1.00 e. The normalized spacial score (nSPS) is 47.3. The van der Waals surface area contributed by atoms with E-state index in [-0.39, 0.29) is 24.8 Å². The van der Waals surface area contributed by atoms with Crippen molar-refractivity contribution in [2.24, 2.45) is 23.7 Å². The Morgan fingerprint density at radius 1 is 0.667 bits per heavy atom. The summed E-state index contributed by atoms with van der Waals surface area (Å²) in [6, 6.07) is 0. The number of hydrogen-bond donors (Lipinski definition) is 0. The van der Waals surface area contributed by atoms with Gasteiger partial charge in [0.15, 0.2) is 0 Å². The maximum atomic E-state index is 2.64. The van der Waals surface area contributed by atoms with Crippen LogP contribution in [0.1, 0.15) is 32.6 Å². The van der Waals surface area contributed by atoms with Crippen molar-refractivity contribution >= 4 is 0 Å². The van der Waals surface area contributed by atoms with E-state index in [1.807, 2.05) is 0 Å². The zero-order chi connectivity index (χ0) is 14.7. The standard InChI is InChI=1S/2C9H11.C3H6.2ClH.Zr/c2*1-2-5-9-7-3-6-8(9)4-1;1-3-2;;;/h2*1-2,4-6,8-9H,3,7H2;3H,1H2,2H3;2*1H;/q;;;;;+2/p-2. The van der Waals surface area contributed by atoms with Crippen molar-refractivity contribution in [1.82, 2.24) is 0 Å². The van der Waals surface area contributed by atoms with E-state index in [1.165, 1.54) is 23.7 Å². The molecule has 24 heavy (non-hydrogen) atoms. The molecule has 1 heterocycles. The maximum absolute atomic E-state index is 2.64. The Hall–Kier alpha value is 0.423.